The third kappa shape index (κ3) is 2.71. The number of ether oxygens (including phenoxy) is 1. The first kappa shape index (κ1) is 14.6. The van der Waals surface area contributed by atoms with Crippen LogP contribution < -0.4 is 5.32 Å². The van der Waals surface area contributed by atoms with Gasteiger partial charge >= 0.3 is 5.97 Å². The molecule has 3 heteroatoms. The van der Waals surface area contributed by atoms with E-state index in [2.05, 4.69) is 36.5 Å². The lowest BCUT2D eigenvalue weighted by molar-refractivity contribution is -0.153. The molecule has 1 aromatic carbocycles. The summed E-state index contributed by atoms with van der Waals surface area (Å²) in [5.41, 5.74) is 1.04. The summed E-state index contributed by atoms with van der Waals surface area (Å²) in [4.78, 5) is 12.6. The van der Waals surface area contributed by atoms with Crippen molar-refractivity contribution < 1.29 is 9.53 Å². The van der Waals surface area contributed by atoms with Crippen molar-refractivity contribution in [3.8, 4) is 0 Å². The number of fused-ring (bicyclic) bond motifs is 2. The maximum Gasteiger partial charge on any atom is 0.311 e. The second kappa shape index (κ2) is 6.18. The zero-order chi connectivity index (χ0) is 14.7. The Bertz CT molecular complexity index is 487. The van der Waals surface area contributed by atoms with Gasteiger partial charge in [0.05, 0.1) is 18.1 Å². The zero-order valence-corrected chi connectivity index (χ0v) is 12.8. The first-order chi connectivity index (χ1) is 10.3. The van der Waals surface area contributed by atoms with Gasteiger partial charge in [0.1, 0.15) is 0 Å². The number of carbonyl (C=O) groups is 1. The molecule has 2 heterocycles. The van der Waals surface area contributed by atoms with Crippen LogP contribution in [0.3, 0.4) is 0 Å². The summed E-state index contributed by atoms with van der Waals surface area (Å²) < 4.78 is 5.54. The molecule has 0 aliphatic carbocycles. The van der Waals surface area contributed by atoms with Crippen molar-refractivity contribution >= 4 is 5.97 Å². The SMILES string of the molecule is CCCCOC(=O)C1CCC2CCC1(c1ccccc1)N2. The molecule has 21 heavy (non-hydrogen) atoms. The fourth-order valence-corrected chi connectivity index (χ4v) is 3.92. The molecule has 0 spiro atoms. The molecule has 0 saturated carbocycles. The van der Waals surface area contributed by atoms with Gasteiger partial charge in [-0.1, -0.05) is 43.7 Å². The molecule has 0 radical (unpaired) electrons. The van der Waals surface area contributed by atoms with Gasteiger partial charge in [0, 0.05) is 6.04 Å². The van der Waals surface area contributed by atoms with E-state index in [1.807, 2.05) is 6.07 Å². The summed E-state index contributed by atoms with van der Waals surface area (Å²) in [5.74, 6) is -0.0596. The highest BCUT2D eigenvalue weighted by Gasteiger charge is 2.52. The summed E-state index contributed by atoms with van der Waals surface area (Å²) in [6.45, 7) is 2.67. The number of hydrogen-bond donors (Lipinski definition) is 1. The quantitative estimate of drug-likeness (QED) is 0.666. The van der Waals surface area contributed by atoms with Crippen LogP contribution in [0.5, 0.6) is 0 Å². The average Bonchev–Trinajstić information content (AvgIpc) is 2.87. The van der Waals surface area contributed by atoms with Gasteiger partial charge in [0.2, 0.25) is 0 Å². The smallest absolute Gasteiger partial charge is 0.311 e. The maximum atomic E-state index is 12.6. The highest BCUT2D eigenvalue weighted by molar-refractivity contribution is 5.75. The number of benzene rings is 1. The van der Waals surface area contributed by atoms with Crippen LogP contribution in [0.15, 0.2) is 30.3 Å². The summed E-state index contributed by atoms with van der Waals surface area (Å²) in [5, 5.41) is 3.74. The molecule has 1 N–H and O–H groups in total. The van der Waals surface area contributed by atoms with E-state index in [1.54, 1.807) is 0 Å². The number of carbonyl (C=O) groups excluding carboxylic acids is 1. The maximum absolute atomic E-state index is 12.6. The second-order valence-corrected chi connectivity index (χ2v) is 6.37. The van der Waals surface area contributed by atoms with Crippen LogP contribution in [0.4, 0.5) is 0 Å². The van der Waals surface area contributed by atoms with E-state index in [1.165, 1.54) is 5.56 Å². The lowest BCUT2D eigenvalue weighted by atomic mass is 9.74. The minimum atomic E-state index is -0.201. The van der Waals surface area contributed by atoms with Gasteiger partial charge in [-0.25, -0.2) is 0 Å². The predicted molar refractivity (Wildman–Crippen MR) is 82.9 cm³/mol. The van der Waals surface area contributed by atoms with Crippen LogP contribution >= 0.6 is 0 Å². The molecule has 3 atom stereocenters. The van der Waals surface area contributed by atoms with Crippen molar-refractivity contribution in [2.75, 3.05) is 6.61 Å². The van der Waals surface area contributed by atoms with Crippen LogP contribution in [0, 0.1) is 5.92 Å². The third-order valence-corrected chi connectivity index (χ3v) is 5.06. The summed E-state index contributed by atoms with van der Waals surface area (Å²) in [7, 11) is 0. The van der Waals surface area contributed by atoms with Crippen molar-refractivity contribution in [2.24, 2.45) is 5.92 Å². The Hall–Kier alpha value is -1.35. The Morgan fingerprint density at radius 1 is 1.29 bits per heavy atom. The molecule has 3 nitrogen and oxygen atoms in total. The van der Waals surface area contributed by atoms with Gasteiger partial charge in [-0.05, 0) is 37.7 Å². The fraction of sp³-hybridized carbons (Fsp3) is 0.611. The highest BCUT2D eigenvalue weighted by atomic mass is 16.5. The number of nitrogens with one attached hydrogen (secondary N) is 1. The zero-order valence-electron chi connectivity index (χ0n) is 12.8. The molecule has 1 aromatic rings. The van der Waals surface area contributed by atoms with E-state index >= 15 is 0 Å². The molecule has 114 valence electrons. The molecule has 2 fully saturated rings. The minimum Gasteiger partial charge on any atom is -0.465 e. The van der Waals surface area contributed by atoms with Crippen LogP contribution in [0.2, 0.25) is 0 Å². The topological polar surface area (TPSA) is 38.3 Å². The number of piperidine rings is 1. The first-order valence-electron chi connectivity index (χ1n) is 8.26. The van der Waals surface area contributed by atoms with Crippen LogP contribution in [-0.4, -0.2) is 18.6 Å². The third-order valence-electron chi connectivity index (χ3n) is 5.06. The van der Waals surface area contributed by atoms with Crippen molar-refractivity contribution in [2.45, 2.75) is 57.0 Å². The van der Waals surface area contributed by atoms with Gasteiger partial charge in [-0.2, -0.15) is 0 Å². The molecule has 2 bridgehead atoms. The second-order valence-electron chi connectivity index (χ2n) is 6.37. The molecule has 2 saturated heterocycles. The fourth-order valence-electron chi connectivity index (χ4n) is 3.92. The van der Waals surface area contributed by atoms with Gasteiger partial charge in [0.15, 0.2) is 0 Å². The highest BCUT2D eigenvalue weighted by Crippen LogP contribution is 2.47. The summed E-state index contributed by atoms with van der Waals surface area (Å²) in [6, 6.07) is 11.0. The molecule has 2 aliphatic heterocycles. The van der Waals surface area contributed by atoms with Crippen LogP contribution in [0.1, 0.15) is 51.0 Å². The summed E-state index contributed by atoms with van der Waals surface area (Å²) in [6.07, 6.45) is 6.23. The Morgan fingerprint density at radius 3 is 2.86 bits per heavy atom. The molecule has 0 aromatic heterocycles. The largest absolute Gasteiger partial charge is 0.465 e. The van der Waals surface area contributed by atoms with Gasteiger partial charge in [-0.3, -0.25) is 4.79 Å². The molecule has 3 rings (SSSR count). The molecular formula is C18H25NO2. The van der Waals surface area contributed by atoms with Crippen LogP contribution in [0.25, 0.3) is 0 Å². The van der Waals surface area contributed by atoms with Crippen molar-refractivity contribution in [1.29, 1.82) is 0 Å². The Labute approximate surface area is 127 Å². The number of esters is 1. The molecular weight excluding hydrogens is 262 g/mol. The number of unbranched alkanes of at least 4 members (excludes halogenated alkanes) is 1. The molecule has 3 unspecified atom stereocenters. The van der Waals surface area contributed by atoms with E-state index in [9.17, 15) is 4.79 Å². The van der Waals surface area contributed by atoms with Crippen molar-refractivity contribution in [1.82, 2.24) is 5.32 Å². The Kier molecular flexibility index (Phi) is 4.29. The van der Waals surface area contributed by atoms with Gasteiger partial charge < -0.3 is 10.1 Å². The van der Waals surface area contributed by atoms with E-state index < -0.39 is 0 Å². The minimum absolute atomic E-state index is 0.0137. The average molecular weight is 287 g/mol. The normalized spacial score (nSPS) is 31.1. The van der Waals surface area contributed by atoms with Gasteiger partial charge in [-0.15, -0.1) is 0 Å². The lowest BCUT2D eigenvalue weighted by Gasteiger charge is -2.41. The number of hydrogen-bond acceptors (Lipinski definition) is 3. The van der Waals surface area contributed by atoms with E-state index in [-0.39, 0.29) is 17.4 Å². The Balaban J connectivity index is 1.82. The Morgan fingerprint density at radius 2 is 2.10 bits per heavy atom. The van der Waals surface area contributed by atoms with Crippen molar-refractivity contribution in [3.05, 3.63) is 35.9 Å². The lowest BCUT2D eigenvalue weighted by Crippen LogP contribution is -2.53. The first-order valence-corrected chi connectivity index (χ1v) is 8.26. The molecule has 2 aliphatic rings. The number of rotatable bonds is 5. The molecule has 0 amide bonds. The van der Waals surface area contributed by atoms with E-state index in [4.69, 9.17) is 4.74 Å². The van der Waals surface area contributed by atoms with E-state index in [0.29, 0.717) is 12.6 Å². The van der Waals surface area contributed by atoms with Crippen molar-refractivity contribution in [3.63, 3.8) is 0 Å². The van der Waals surface area contributed by atoms with Crippen LogP contribution in [-0.2, 0) is 15.1 Å². The summed E-state index contributed by atoms with van der Waals surface area (Å²) >= 11 is 0. The van der Waals surface area contributed by atoms with E-state index in [0.717, 1.165) is 38.5 Å². The standard InChI is InChI=1S/C18H25NO2/c1-2-3-13-21-17(20)16-10-9-15-11-12-18(16,19-15)14-7-5-4-6-8-14/h4-8,15-16,19H,2-3,9-13H2,1H3. The van der Waals surface area contributed by atoms with Gasteiger partial charge in [0.25, 0.3) is 0 Å². The monoisotopic (exact) mass is 287 g/mol. The predicted octanol–water partition coefficient (Wildman–Crippen LogP) is 3.39.